The standard InChI is InChI=1S/C12H24N2O2/c1-10(9-16-3)14(2)11(15)12(13)7-5-4-6-8-12/h10H,4-9,13H2,1-3H3. The fourth-order valence-corrected chi connectivity index (χ4v) is 2.30. The molecule has 16 heavy (non-hydrogen) atoms. The highest BCUT2D eigenvalue weighted by Gasteiger charge is 2.38. The van der Waals surface area contributed by atoms with Gasteiger partial charge in [-0.25, -0.2) is 0 Å². The van der Waals surface area contributed by atoms with Crippen molar-refractivity contribution in [3.8, 4) is 0 Å². The van der Waals surface area contributed by atoms with Crippen LogP contribution in [0.2, 0.25) is 0 Å². The molecule has 0 aliphatic heterocycles. The van der Waals surface area contributed by atoms with Crippen molar-refractivity contribution in [2.24, 2.45) is 5.73 Å². The van der Waals surface area contributed by atoms with Crippen LogP contribution in [0.3, 0.4) is 0 Å². The Morgan fingerprint density at radius 1 is 1.44 bits per heavy atom. The quantitative estimate of drug-likeness (QED) is 0.785. The van der Waals surface area contributed by atoms with E-state index in [1.54, 1.807) is 12.0 Å². The zero-order chi connectivity index (χ0) is 12.2. The van der Waals surface area contributed by atoms with E-state index in [9.17, 15) is 4.79 Å². The van der Waals surface area contributed by atoms with Crippen LogP contribution in [0.4, 0.5) is 0 Å². The lowest BCUT2D eigenvalue weighted by Crippen LogP contribution is -2.57. The van der Waals surface area contributed by atoms with Gasteiger partial charge in [-0.05, 0) is 19.8 Å². The number of methoxy groups -OCH3 is 1. The summed E-state index contributed by atoms with van der Waals surface area (Å²) in [5.41, 5.74) is 5.58. The number of nitrogens with two attached hydrogens (primary N) is 1. The van der Waals surface area contributed by atoms with Gasteiger partial charge in [-0.3, -0.25) is 4.79 Å². The Balaban J connectivity index is 2.61. The molecule has 1 saturated carbocycles. The third kappa shape index (κ3) is 2.95. The van der Waals surface area contributed by atoms with E-state index in [1.165, 1.54) is 6.42 Å². The predicted octanol–water partition coefficient (Wildman–Crippen LogP) is 1.14. The van der Waals surface area contributed by atoms with Crippen LogP contribution in [0.25, 0.3) is 0 Å². The fourth-order valence-electron chi connectivity index (χ4n) is 2.30. The van der Waals surface area contributed by atoms with Crippen molar-refractivity contribution in [2.75, 3.05) is 20.8 Å². The lowest BCUT2D eigenvalue weighted by atomic mass is 9.81. The largest absolute Gasteiger partial charge is 0.383 e. The SMILES string of the molecule is COCC(C)N(C)C(=O)C1(N)CCCCC1. The minimum atomic E-state index is -0.630. The van der Waals surface area contributed by atoms with Gasteiger partial charge in [-0.15, -0.1) is 0 Å². The molecule has 4 nitrogen and oxygen atoms in total. The van der Waals surface area contributed by atoms with Gasteiger partial charge >= 0.3 is 0 Å². The van der Waals surface area contributed by atoms with E-state index >= 15 is 0 Å². The molecule has 0 radical (unpaired) electrons. The molecule has 0 aromatic carbocycles. The van der Waals surface area contributed by atoms with Gasteiger partial charge in [0.2, 0.25) is 5.91 Å². The average Bonchev–Trinajstić information content (AvgIpc) is 2.28. The maximum atomic E-state index is 12.3. The third-order valence-corrected chi connectivity index (χ3v) is 3.56. The monoisotopic (exact) mass is 228 g/mol. The van der Waals surface area contributed by atoms with Crippen molar-refractivity contribution in [2.45, 2.75) is 50.6 Å². The predicted molar refractivity (Wildman–Crippen MR) is 64.1 cm³/mol. The summed E-state index contributed by atoms with van der Waals surface area (Å²) in [6.07, 6.45) is 4.96. The summed E-state index contributed by atoms with van der Waals surface area (Å²) in [7, 11) is 3.46. The van der Waals surface area contributed by atoms with Crippen molar-refractivity contribution < 1.29 is 9.53 Å². The van der Waals surface area contributed by atoms with Crippen LogP contribution in [-0.2, 0) is 9.53 Å². The number of hydrogen-bond acceptors (Lipinski definition) is 3. The molecule has 0 heterocycles. The first-order chi connectivity index (χ1) is 7.51. The summed E-state index contributed by atoms with van der Waals surface area (Å²) < 4.78 is 5.06. The summed E-state index contributed by atoms with van der Waals surface area (Å²) in [5, 5.41) is 0. The van der Waals surface area contributed by atoms with Crippen molar-refractivity contribution in [3.05, 3.63) is 0 Å². The van der Waals surface area contributed by atoms with E-state index < -0.39 is 5.54 Å². The van der Waals surface area contributed by atoms with Gasteiger partial charge in [0, 0.05) is 14.2 Å². The maximum Gasteiger partial charge on any atom is 0.242 e. The molecule has 0 aromatic heterocycles. The van der Waals surface area contributed by atoms with E-state index in [2.05, 4.69) is 0 Å². The lowest BCUT2D eigenvalue weighted by molar-refractivity contribution is -0.139. The lowest BCUT2D eigenvalue weighted by Gasteiger charge is -2.37. The summed E-state index contributed by atoms with van der Waals surface area (Å²) >= 11 is 0. The molecule has 0 saturated heterocycles. The molecule has 2 N–H and O–H groups in total. The third-order valence-electron chi connectivity index (χ3n) is 3.56. The molecule has 1 atom stereocenters. The summed E-state index contributed by atoms with van der Waals surface area (Å²) in [5.74, 6) is 0.0664. The van der Waals surface area contributed by atoms with Crippen LogP contribution in [0.1, 0.15) is 39.0 Å². The second-order valence-electron chi connectivity index (χ2n) is 4.94. The molecule has 1 aliphatic carbocycles. The number of likely N-dealkylation sites (N-methyl/N-ethyl adjacent to an activating group) is 1. The molecule has 4 heteroatoms. The highest BCUT2D eigenvalue weighted by Crippen LogP contribution is 2.27. The van der Waals surface area contributed by atoms with Gasteiger partial charge in [-0.2, -0.15) is 0 Å². The van der Waals surface area contributed by atoms with Crippen LogP contribution in [0.15, 0.2) is 0 Å². The number of hydrogen-bond donors (Lipinski definition) is 1. The zero-order valence-corrected chi connectivity index (χ0v) is 10.7. The highest BCUT2D eigenvalue weighted by molar-refractivity contribution is 5.86. The normalized spacial score (nSPS) is 21.5. The van der Waals surface area contributed by atoms with E-state index in [-0.39, 0.29) is 11.9 Å². The van der Waals surface area contributed by atoms with Gasteiger partial charge in [0.1, 0.15) is 0 Å². The molecule has 1 amide bonds. The smallest absolute Gasteiger partial charge is 0.242 e. The average molecular weight is 228 g/mol. The Morgan fingerprint density at radius 3 is 2.50 bits per heavy atom. The van der Waals surface area contributed by atoms with E-state index in [0.717, 1.165) is 25.7 Å². The minimum absolute atomic E-state index is 0.0664. The van der Waals surface area contributed by atoms with Gasteiger partial charge in [-0.1, -0.05) is 19.3 Å². The molecule has 94 valence electrons. The Hall–Kier alpha value is -0.610. The number of rotatable bonds is 4. The van der Waals surface area contributed by atoms with Gasteiger partial charge in [0.15, 0.2) is 0 Å². The fraction of sp³-hybridized carbons (Fsp3) is 0.917. The Kier molecular flexibility index (Phi) is 4.74. The molecule has 0 aromatic rings. The first kappa shape index (κ1) is 13.5. The maximum absolute atomic E-state index is 12.3. The number of amides is 1. The van der Waals surface area contributed by atoms with Crippen molar-refractivity contribution >= 4 is 5.91 Å². The van der Waals surface area contributed by atoms with Crippen LogP contribution in [0.5, 0.6) is 0 Å². The first-order valence-corrected chi connectivity index (χ1v) is 6.06. The molecular formula is C12H24N2O2. The van der Waals surface area contributed by atoms with Crippen LogP contribution in [0, 0.1) is 0 Å². The Morgan fingerprint density at radius 2 is 2.00 bits per heavy atom. The van der Waals surface area contributed by atoms with Crippen LogP contribution >= 0.6 is 0 Å². The molecule has 1 unspecified atom stereocenters. The van der Waals surface area contributed by atoms with Gasteiger partial charge in [0.05, 0.1) is 18.2 Å². The topological polar surface area (TPSA) is 55.6 Å². The van der Waals surface area contributed by atoms with Gasteiger partial charge < -0.3 is 15.4 Å². The molecule has 1 fully saturated rings. The van der Waals surface area contributed by atoms with Crippen LogP contribution in [-0.4, -0.2) is 43.2 Å². The second kappa shape index (κ2) is 5.64. The summed E-state index contributed by atoms with van der Waals surface area (Å²) in [6, 6.07) is 0.0832. The van der Waals surface area contributed by atoms with E-state index in [1.807, 2.05) is 14.0 Å². The van der Waals surface area contributed by atoms with Crippen LogP contribution < -0.4 is 5.73 Å². The first-order valence-electron chi connectivity index (χ1n) is 6.06. The highest BCUT2D eigenvalue weighted by atomic mass is 16.5. The molecule has 1 aliphatic rings. The molecule has 0 bridgehead atoms. The Labute approximate surface area is 98.1 Å². The zero-order valence-electron chi connectivity index (χ0n) is 10.7. The van der Waals surface area contributed by atoms with Crippen molar-refractivity contribution in [1.29, 1.82) is 0 Å². The number of carbonyl (C=O) groups excluding carboxylic acids is 1. The van der Waals surface area contributed by atoms with Crippen molar-refractivity contribution in [1.82, 2.24) is 4.90 Å². The Bertz CT molecular complexity index is 237. The van der Waals surface area contributed by atoms with Gasteiger partial charge in [0.25, 0.3) is 0 Å². The molecule has 1 rings (SSSR count). The van der Waals surface area contributed by atoms with Crippen molar-refractivity contribution in [3.63, 3.8) is 0 Å². The van der Waals surface area contributed by atoms with E-state index in [0.29, 0.717) is 6.61 Å². The summed E-state index contributed by atoms with van der Waals surface area (Å²) in [6.45, 7) is 2.53. The summed E-state index contributed by atoms with van der Waals surface area (Å²) in [4.78, 5) is 14.0. The number of carbonyl (C=O) groups is 1. The minimum Gasteiger partial charge on any atom is -0.383 e. The van der Waals surface area contributed by atoms with E-state index in [4.69, 9.17) is 10.5 Å². The second-order valence-corrected chi connectivity index (χ2v) is 4.94. The number of ether oxygens (including phenoxy) is 1. The number of nitrogens with zero attached hydrogens (tertiary/aromatic N) is 1. The molecular weight excluding hydrogens is 204 g/mol. The molecule has 0 spiro atoms.